The Morgan fingerprint density at radius 2 is 1.91 bits per heavy atom. The molecule has 0 bridgehead atoms. The minimum Gasteiger partial charge on any atom is -0.486 e. The minimum absolute atomic E-state index is 0.146. The molecule has 2 aromatic carbocycles. The lowest BCUT2D eigenvalue weighted by Gasteiger charge is -2.32. The average Bonchev–Trinajstić information content (AvgIpc) is 2.80. The molecule has 2 atom stereocenters. The van der Waals surface area contributed by atoms with Crippen LogP contribution in [0.2, 0.25) is 10.0 Å². The topological polar surface area (TPSA) is 84.9 Å². The molecule has 10 heteroatoms. The van der Waals surface area contributed by atoms with Crippen LogP contribution in [0.15, 0.2) is 36.4 Å². The van der Waals surface area contributed by atoms with E-state index < -0.39 is 15.9 Å². The first-order valence-electron chi connectivity index (χ1n) is 10.8. The first-order valence-corrected chi connectivity index (χ1v) is 13.2. The largest absolute Gasteiger partial charge is 0.486 e. The number of ether oxygens (including phenoxy) is 2. The number of hydrogen-bond donors (Lipinski definition) is 1. The van der Waals surface area contributed by atoms with Crippen LogP contribution in [-0.4, -0.2) is 44.9 Å². The maximum Gasteiger partial charge on any atom is 0.224 e. The van der Waals surface area contributed by atoms with Crippen molar-refractivity contribution in [2.75, 3.05) is 26.3 Å². The standard InChI is InChI=1S/C23H26Cl2N2O5S/c1-15(16-5-7-21-22(11-16)32-10-9-31-21)26-23(28)17-3-2-8-27(13-17)33(29,30)14-18-4-6-19(24)12-20(18)25/h4-7,11-12,15,17H,2-3,8-10,13-14H2,1H3,(H,26,28)/t15-,17+/m1/s1. The Kier molecular flexibility index (Phi) is 7.38. The number of halogens is 2. The van der Waals surface area contributed by atoms with Crippen molar-refractivity contribution in [3.63, 3.8) is 0 Å². The van der Waals surface area contributed by atoms with Gasteiger partial charge in [-0.25, -0.2) is 12.7 Å². The van der Waals surface area contributed by atoms with Crippen LogP contribution in [0.25, 0.3) is 0 Å². The molecule has 0 saturated carbocycles. The zero-order valence-electron chi connectivity index (χ0n) is 18.2. The number of hydrogen-bond acceptors (Lipinski definition) is 5. The van der Waals surface area contributed by atoms with Crippen molar-refractivity contribution >= 4 is 39.1 Å². The summed E-state index contributed by atoms with van der Waals surface area (Å²) in [6, 6.07) is 10.1. The highest BCUT2D eigenvalue weighted by molar-refractivity contribution is 7.88. The SMILES string of the molecule is C[C@@H](NC(=O)[C@H]1CCCN(S(=O)(=O)Cc2ccc(Cl)cc2Cl)C1)c1ccc2c(c1)OCCO2. The minimum atomic E-state index is -3.63. The van der Waals surface area contributed by atoms with E-state index in [1.165, 1.54) is 10.4 Å². The lowest BCUT2D eigenvalue weighted by atomic mass is 9.97. The summed E-state index contributed by atoms with van der Waals surface area (Å²) >= 11 is 12.1. The fourth-order valence-corrected chi connectivity index (χ4v) is 6.28. The second-order valence-corrected chi connectivity index (χ2v) is 11.1. The Morgan fingerprint density at radius 1 is 1.15 bits per heavy atom. The highest BCUT2D eigenvalue weighted by atomic mass is 35.5. The van der Waals surface area contributed by atoms with E-state index in [1.54, 1.807) is 12.1 Å². The Morgan fingerprint density at radius 3 is 2.67 bits per heavy atom. The molecule has 0 unspecified atom stereocenters. The van der Waals surface area contributed by atoms with E-state index in [2.05, 4.69) is 5.32 Å². The summed E-state index contributed by atoms with van der Waals surface area (Å²) in [4.78, 5) is 13.0. The molecule has 1 N–H and O–H groups in total. The Labute approximate surface area is 204 Å². The van der Waals surface area contributed by atoms with Gasteiger partial charge in [-0.05, 0) is 55.2 Å². The number of fused-ring (bicyclic) bond motifs is 1. The second kappa shape index (κ2) is 10.1. The Hall–Kier alpha value is -2.00. The van der Waals surface area contributed by atoms with Gasteiger partial charge >= 0.3 is 0 Å². The molecule has 1 amide bonds. The van der Waals surface area contributed by atoms with Gasteiger partial charge in [0.25, 0.3) is 0 Å². The van der Waals surface area contributed by atoms with E-state index in [-0.39, 0.29) is 24.2 Å². The number of amides is 1. The molecular formula is C23H26Cl2N2O5S. The van der Waals surface area contributed by atoms with Crippen LogP contribution in [0.5, 0.6) is 11.5 Å². The maximum atomic E-state index is 13.0. The van der Waals surface area contributed by atoms with Crippen molar-refractivity contribution in [3.05, 3.63) is 57.6 Å². The van der Waals surface area contributed by atoms with Crippen molar-refractivity contribution in [2.24, 2.45) is 5.92 Å². The van der Waals surface area contributed by atoms with Gasteiger partial charge in [-0.3, -0.25) is 4.79 Å². The van der Waals surface area contributed by atoms with Crippen molar-refractivity contribution in [1.29, 1.82) is 0 Å². The lowest BCUT2D eigenvalue weighted by molar-refractivity contribution is -0.126. The molecule has 2 aliphatic heterocycles. The summed E-state index contributed by atoms with van der Waals surface area (Å²) in [6.45, 7) is 3.43. The molecule has 2 aromatic rings. The van der Waals surface area contributed by atoms with E-state index in [0.29, 0.717) is 59.7 Å². The van der Waals surface area contributed by atoms with Crippen LogP contribution < -0.4 is 14.8 Å². The van der Waals surface area contributed by atoms with Gasteiger partial charge in [0.15, 0.2) is 11.5 Å². The number of nitrogens with one attached hydrogen (secondary N) is 1. The van der Waals surface area contributed by atoms with Crippen LogP contribution in [-0.2, 0) is 20.6 Å². The summed E-state index contributed by atoms with van der Waals surface area (Å²) in [5.41, 5.74) is 1.38. The van der Waals surface area contributed by atoms with Gasteiger partial charge in [-0.15, -0.1) is 0 Å². The summed E-state index contributed by atoms with van der Waals surface area (Å²) < 4.78 is 38.6. The van der Waals surface area contributed by atoms with E-state index in [0.717, 1.165) is 5.56 Å². The van der Waals surface area contributed by atoms with Crippen molar-refractivity contribution < 1.29 is 22.7 Å². The molecule has 0 spiro atoms. The smallest absolute Gasteiger partial charge is 0.224 e. The normalized spacial score (nSPS) is 19.7. The van der Waals surface area contributed by atoms with Gasteiger partial charge in [0, 0.05) is 23.1 Å². The molecule has 7 nitrogen and oxygen atoms in total. The fourth-order valence-electron chi connectivity index (χ4n) is 4.08. The zero-order valence-corrected chi connectivity index (χ0v) is 20.5. The van der Waals surface area contributed by atoms with Crippen LogP contribution in [0.4, 0.5) is 0 Å². The molecule has 33 heavy (non-hydrogen) atoms. The predicted octanol–water partition coefficient (Wildman–Crippen LogP) is 4.18. The fraction of sp³-hybridized carbons (Fsp3) is 0.435. The highest BCUT2D eigenvalue weighted by Gasteiger charge is 2.33. The first-order chi connectivity index (χ1) is 15.7. The van der Waals surface area contributed by atoms with E-state index in [1.807, 2.05) is 25.1 Å². The number of piperidine rings is 1. The van der Waals surface area contributed by atoms with Crippen molar-refractivity contribution in [1.82, 2.24) is 9.62 Å². The Bertz CT molecular complexity index is 1140. The monoisotopic (exact) mass is 512 g/mol. The van der Waals surface area contributed by atoms with E-state index >= 15 is 0 Å². The molecule has 0 radical (unpaired) electrons. The van der Waals surface area contributed by atoms with Gasteiger partial charge in [0.05, 0.1) is 17.7 Å². The van der Waals surface area contributed by atoms with Crippen LogP contribution in [0.1, 0.15) is 36.9 Å². The molecule has 1 fully saturated rings. The highest BCUT2D eigenvalue weighted by Crippen LogP contribution is 2.33. The molecule has 4 rings (SSSR count). The molecule has 0 aromatic heterocycles. The molecule has 2 heterocycles. The number of sulfonamides is 1. The van der Waals surface area contributed by atoms with E-state index in [9.17, 15) is 13.2 Å². The van der Waals surface area contributed by atoms with Crippen molar-refractivity contribution in [2.45, 2.75) is 31.6 Å². The van der Waals surface area contributed by atoms with Gasteiger partial charge < -0.3 is 14.8 Å². The third-order valence-corrected chi connectivity index (χ3v) is 8.31. The Balaban J connectivity index is 1.39. The zero-order chi connectivity index (χ0) is 23.6. The van der Waals surface area contributed by atoms with Gasteiger partial charge in [-0.2, -0.15) is 0 Å². The number of benzene rings is 2. The van der Waals surface area contributed by atoms with Gasteiger partial charge in [-0.1, -0.05) is 35.3 Å². The third kappa shape index (κ3) is 5.74. The molecule has 0 aliphatic carbocycles. The quantitative estimate of drug-likeness (QED) is 0.627. The summed E-state index contributed by atoms with van der Waals surface area (Å²) in [6.07, 6.45) is 1.25. The van der Waals surface area contributed by atoms with Gasteiger partial charge in [0.2, 0.25) is 15.9 Å². The summed E-state index contributed by atoms with van der Waals surface area (Å²) in [7, 11) is -3.63. The van der Waals surface area contributed by atoms with Crippen LogP contribution in [0, 0.1) is 5.92 Å². The molecule has 178 valence electrons. The number of rotatable bonds is 6. The summed E-state index contributed by atoms with van der Waals surface area (Å²) in [5.74, 6) is 0.536. The molecular weight excluding hydrogens is 487 g/mol. The maximum absolute atomic E-state index is 13.0. The third-order valence-electron chi connectivity index (χ3n) is 5.93. The van der Waals surface area contributed by atoms with Gasteiger partial charge in [0.1, 0.15) is 13.2 Å². The second-order valence-electron chi connectivity index (χ2n) is 8.32. The van der Waals surface area contributed by atoms with Crippen LogP contribution >= 0.6 is 23.2 Å². The van der Waals surface area contributed by atoms with Crippen LogP contribution in [0.3, 0.4) is 0 Å². The molecule has 2 aliphatic rings. The summed E-state index contributed by atoms with van der Waals surface area (Å²) in [5, 5.41) is 3.78. The average molecular weight is 513 g/mol. The predicted molar refractivity (Wildman–Crippen MR) is 127 cm³/mol. The number of carbonyl (C=O) groups excluding carboxylic acids is 1. The molecule has 1 saturated heterocycles. The van der Waals surface area contributed by atoms with E-state index in [4.69, 9.17) is 32.7 Å². The van der Waals surface area contributed by atoms with Crippen molar-refractivity contribution in [3.8, 4) is 11.5 Å². The lowest BCUT2D eigenvalue weighted by Crippen LogP contribution is -2.46. The number of nitrogens with zero attached hydrogens (tertiary/aromatic N) is 1. The first kappa shape index (κ1) is 24.1. The number of carbonyl (C=O) groups is 1.